The van der Waals surface area contributed by atoms with Gasteiger partial charge in [0.15, 0.2) is 0 Å². The van der Waals surface area contributed by atoms with Crippen molar-refractivity contribution in [1.29, 1.82) is 0 Å². The highest BCUT2D eigenvalue weighted by Crippen LogP contribution is 2.13. The minimum atomic E-state index is 0.0191. The number of hydrogen-bond donors (Lipinski definition) is 0. The zero-order valence-corrected chi connectivity index (χ0v) is 12.1. The lowest BCUT2D eigenvalue weighted by atomic mass is 10.2. The number of likely N-dealkylation sites (tertiary alicyclic amines) is 1. The van der Waals surface area contributed by atoms with Gasteiger partial charge in [-0.25, -0.2) is 4.79 Å². The predicted molar refractivity (Wildman–Crippen MR) is 77.9 cm³/mol. The molecular weight excluding hydrogens is 268 g/mol. The summed E-state index contributed by atoms with van der Waals surface area (Å²) in [5.41, 5.74) is 0.657. The highest BCUT2D eigenvalue weighted by Gasteiger charge is 2.28. The summed E-state index contributed by atoms with van der Waals surface area (Å²) in [7, 11) is 0. The van der Waals surface area contributed by atoms with Gasteiger partial charge in [0.1, 0.15) is 0 Å². The first-order valence-electron chi connectivity index (χ1n) is 7.49. The van der Waals surface area contributed by atoms with Crippen molar-refractivity contribution in [3.63, 3.8) is 0 Å². The van der Waals surface area contributed by atoms with Crippen molar-refractivity contribution < 1.29 is 9.59 Å². The predicted octanol–water partition coefficient (Wildman–Crippen LogP) is 1.06. The van der Waals surface area contributed by atoms with Crippen molar-refractivity contribution in [1.82, 2.24) is 19.7 Å². The van der Waals surface area contributed by atoms with E-state index in [9.17, 15) is 9.59 Å². The van der Waals surface area contributed by atoms with Gasteiger partial charge in [-0.2, -0.15) is 0 Å². The molecule has 2 fully saturated rings. The molecule has 2 aliphatic heterocycles. The first-order chi connectivity index (χ1) is 10.3. The topological polar surface area (TPSA) is 56.8 Å². The fraction of sp³-hybridized carbons (Fsp3) is 0.533. The van der Waals surface area contributed by atoms with Gasteiger partial charge in [-0.15, -0.1) is 0 Å². The third kappa shape index (κ3) is 2.99. The van der Waals surface area contributed by atoms with Crippen molar-refractivity contribution in [3.05, 3.63) is 30.1 Å². The Morgan fingerprint density at radius 2 is 1.33 bits per heavy atom. The molecule has 0 saturated carbocycles. The summed E-state index contributed by atoms with van der Waals surface area (Å²) in [5.74, 6) is 0.0191. The molecule has 0 aliphatic carbocycles. The van der Waals surface area contributed by atoms with Crippen LogP contribution < -0.4 is 0 Å². The Hall–Kier alpha value is -2.11. The molecule has 0 N–H and O–H groups in total. The van der Waals surface area contributed by atoms with Crippen LogP contribution in [-0.2, 0) is 0 Å². The monoisotopic (exact) mass is 288 g/mol. The lowest BCUT2D eigenvalue weighted by Crippen LogP contribution is -2.53. The Labute approximate surface area is 124 Å². The van der Waals surface area contributed by atoms with Crippen molar-refractivity contribution >= 4 is 11.9 Å². The summed E-state index contributed by atoms with van der Waals surface area (Å²) in [4.78, 5) is 34.1. The second-order valence-corrected chi connectivity index (χ2v) is 5.49. The van der Waals surface area contributed by atoms with Gasteiger partial charge in [-0.3, -0.25) is 9.78 Å². The van der Waals surface area contributed by atoms with Crippen LogP contribution in [-0.4, -0.2) is 70.9 Å². The summed E-state index contributed by atoms with van der Waals surface area (Å²) in [6, 6.07) is 3.58. The lowest BCUT2D eigenvalue weighted by molar-refractivity contribution is 0.0645. The SMILES string of the molecule is O=C(c1ccncc1)N1CCN(C(=O)N2CCCC2)CC1. The molecule has 1 aromatic heterocycles. The van der Waals surface area contributed by atoms with Crippen LogP contribution in [0.2, 0.25) is 0 Å². The molecule has 3 amide bonds. The smallest absolute Gasteiger partial charge is 0.320 e. The van der Waals surface area contributed by atoms with E-state index in [1.165, 1.54) is 0 Å². The van der Waals surface area contributed by atoms with E-state index >= 15 is 0 Å². The maximum atomic E-state index is 12.3. The number of piperazine rings is 1. The number of amides is 3. The number of nitrogens with zero attached hydrogens (tertiary/aromatic N) is 4. The van der Waals surface area contributed by atoms with E-state index < -0.39 is 0 Å². The van der Waals surface area contributed by atoms with Gasteiger partial charge in [0.2, 0.25) is 0 Å². The summed E-state index contributed by atoms with van der Waals surface area (Å²) in [5, 5.41) is 0. The summed E-state index contributed by atoms with van der Waals surface area (Å²) < 4.78 is 0. The van der Waals surface area contributed by atoms with Gasteiger partial charge in [-0.05, 0) is 25.0 Å². The average molecular weight is 288 g/mol. The third-order valence-corrected chi connectivity index (χ3v) is 4.14. The molecule has 112 valence electrons. The maximum absolute atomic E-state index is 12.3. The summed E-state index contributed by atoms with van der Waals surface area (Å²) >= 11 is 0. The van der Waals surface area contributed by atoms with Gasteiger partial charge in [0.25, 0.3) is 5.91 Å². The largest absolute Gasteiger partial charge is 0.335 e. The van der Waals surface area contributed by atoms with Gasteiger partial charge in [0.05, 0.1) is 0 Å². The molecule has 0 spiro atoms. The first-order valence-corrected chi connectivity index (χ1v) is 7.49. The number of aromatic nitrogens is 1. The minimum absolute atomic E-state index is 0.0191. The van der Waals surface area contributed by atoms with Crippen LogP contribution in [0.5, 0.6) is 0 Å². The highest BCUT2D eigenvalue weighted by atomic mass is 16.2. The zero-order chi connectivity index (χ0) is 14.7. The number of carbonyl (C=O) groups is 2. The molecule has 3 heterocycles. The van der Waals surface area contributed by atoms with Gasteiger partial charge in [0, 0.05) is 57.2 Å². The van der Waals surface area contributed by atoms with Crippen LogP contribution in [0.25, 0.3) is 0 Å². The van der Waals surface area contributed by atoms with E-state index in [-0.39, 0.29) is 11.9 Å². The summed E-state index contributed by atoms with van der Waals surface area (Å²) in [6.07, 6.45) is 5.46. The Bertz CT molecular complexity index is 506. The number of hydrogen-bond acceptors (Lipinski definition) is 3. The lowest BCUT2D eigenvalue weighted by Gasteiger charge is -2.36. The van der Waals surface area contributed by atoms with Crippen LogP contribution in [0, 0.1) is 0 Å². The quantitative estimate of drug-likeness (QED) is 0.776. The van der Waals surface area contributed by atoms with E-state index in [1.807, 2.05) is 14.7 Å². The Kier molecular flexibility index (Phi) is 4.03. The number of rotatable bonds is 1. The fourth-order valence-electron chi connectivity index (χ4n) is 2.89. The van der Waals surface area contributed by atoms with Crippen molar-refractivity contribution in [2.45, 2.75) is 12.8 Å². The second kappa shape index (κ2) is 6.11. The van der Waals surface area contributed by atoms with E-state index in [1.54, 1.807) is 24.5 Å². The van der Waals surface area contributed by atoms with Crippen LogP contribution >= 0.6 is 0 Å². The molecule has 1 aromatic rings. The molecule has 0 radical (unpaired) electrons. The molecule has 6 nitrogen and oxygen atoms in total. The molecule has 2 aliphatic rings. The molecule has 0 atom stereocenters. The van der Waals surface area contributed by atoms with Crippen LogP contribution in [0.3, 0.4) is 0 Å². The molecule has 21 heavy (non-hydrogen) atoms. The van der Waals surface area contributed by atoms with E-state index in [0.29, 0.717) is 31.7 Å². The highest BCUT2D eigenvalue weighted by molar-refractivity contribution is 5.94. The van der Waals surface area contributed by atoms with Crippen LogP contribution in [0.15, 0.2) is 24.5 Å². The standard InChI is InChI=1S/C15H20N4O2/c20-14(13-3-5-16-6-4-13)17-9-11-19(12-10-17)15(21)18-7-1-2-8-18/h3-6H,1-2,7-12H2. The van der Waals surface area contributed by atoms with E-state index in [2.05, 4.69) is 4.98 Å². The Morgan fingerprint density at radius 3 is 1.95 bits per heavy atom. The Morgan fingerprint density at radius 1 is 0.810 bits per heavy atom. The van der Waals surface area contributed by atoms with Crippen LogP contribution in [0.1, 0.15) is 23.2 Å². The maximum Gasteiger partial charge on any atom is 0.320 e. The Balaban J connectivity index is 1.55. The number of pyridine rings is 1. The first kappa shape index (κ1) is 13.9. The third-order valence-electron chi connectivity index (χ3n) is 4.14. The fourth-order valence-corrected chi connectivity index (χ4v) is 2.89. The second-order valence-electron chi connectivity index (χ2n) is 5.49. The molecule has 0 bridgehead atoms. The van der Waals surface area contributed by atoms with Gasteiger partial charge >= 0.3 is 6.03 Å². The number of carbonyl (C=O) groups excluding carboxylic acids is 2. The molecule has 0 unspecified atom stereocenters. The summed E-state index contributed by atoms with van der Waals surface area (Å²) in [6.45, 7) is 4.17. The minimum Gasteiger partial charge on any atom is -0.335 e. The molecule has 6 heteroatoms. The average Bonchev–Trinajstić information content (AvgIpc) is 3.09. The zero-order valence-electron chi connectivity index (χ0n) is 12.1. The van der Waals surface area contributed by atoms with Crippen molar-refractivity contribution in [2.75, 3.05) is 39.3 Å². The molecule has 2 saturated heterocycles. The van der Waals surface area contributed by atoms with E-state index in [4.69, 9.17) is 0 Å². The molecule has 3 rings (SSSR count). The normalized spacial score (nSPS) is 19.0. The number of urea groups is 1. The van der Waals surface area contributed by atoms with E-state index in [0.717, 1.165) is 25.9 Å². The van der Waals surface area contributed by atoms with Crippen LogP contribution in [0.4, 0.5) is 4.79 Å². The van der Waals surface area contributed by atoms with Crippen molar-refractivity contribution in [2.24, 2.45) is 0 Å². The molecular formula is C15H20N4O2. The van der Waals surface area contributed by atoms with Gasteiger partial charge < -0.3 is 14.7 Å². The van der Waals surface area contributed by atoms with Crippen molar-refractivity contribution in [3.8, 4) is 0 Å². The molecule has 0 aromatic carbocycles. The van der Waals surface area contributed by atoms with Gasteiger partial charge in [-0.1, -0.05) is 0 Å².